The summed E-state index contributed by atoms with van der Waals surface area (Å²) >= 11 is 0. The Morgan fingerprint density at radius 2 is 1.77 bits per heavy atom. The van der Waals surface area contributed by atoms with Gasteiger partial charge in [0.1, 0.15) is 11.6 Å². The van der Waals surface area contributed by atoms with Gasteiger partial charge in [-0.3, -0.25) is 24.5 Å². The van der Waals surface area contributed by atoms with Crippen molar-refractivity contribution in [2.45, 2.75) is 76.3 Å². The number of esters is 2. The van der Waals surface area contributed by atoms with Crippen LogP contribution in [0.4, 0.5) is 0 Å². The number of nitrogens with zero attached hydrogens (tertiary/aromatic N) is 1. The van der Waals surface area contributed by atoms with Crippen LogP contribution < -0.4 is 16.4 Å². The topological polar surface area (TPSA) is 194 Å². The maximum Gasteiger partial charge on any atom is 0.396 e. The lowest BCUT2D eigenvalue weighted by atomic mass is 9.99. The van der Waals surface area contributed by atoms with Crippen LogP contribution in [0, 0.1) is 0 Å². The van der Waals surface area contributed by atoms with E-state index in [-0.39, 0.29) is 13.0 Å². The Balaban J connectivity index is 2.16. The van der Waals surface area contributed by atoms with Crippen LogP contribution in [-0.2, 0) is 44.7 Å². The summed E-state index contributed by atoms with van der Waals surface area (Å²) in [6, 6.07) is 5.22. The molecule has 214 valence electrons. The molecular formula is C26H36N4O9. The minimum atomic E-state index is -1.75. The molecule has 1 heterocycles. The van der Waals surface area contributed by atoms with Crippen LogP contribution in [0.25, 0.3) is 0 Å². The molecule has 0 aromatic heterocycles. The summed E-state index contributed by atoms with van der Waals surface area (Å²) in [5, 5.41) is 15.3. The molecule has 1 aliphatic heterocycles. The van der Waals surface area contributed by atoms with E-state index in [1.165, 1.54) is 4.90 Å². The van der Waals surface area contributed by atoms with Gasteiger partial charge in [-0.1, -0.05) is 30.3 Å². The summed E-state index contributed by atoms with van der Waals surface area (Å²) in [6.45, 7) is 5.35. The Bertz CT molecular complexity index is 1070. The number of nitrogens with one attached hydrogen (secondary N) is 2. The van der Waals surface area contributed by atoms with Crippen molar-refractivity contribution in [2.24, 2.45) is 5.73 Å². The highest BCUT2D eigenvalue weighted by Gasteiger charge is 2.41. The first-order valence-electron chi connectivity index (χ1n) is 12.5. The van der Waals surface area contributed by atoms with Gasteiger partial charge in [-0.15, -0.1) is 0 Å². The van der Waals surface area contributed by atoms with Gasteiger partial charge in [-0.2, -0.15) is 0 Å². The largest absolute Gasteiger partial charge is 0.462 e. The molecule has 5 N–H and O–H groups in total. The van der Waals surface area contributed by atoms with E-state index < -0.39 is 71.8 Å². The average molecular weight is 549 g/mol. The third-order valence-corrected chi connectivity index (χ3v) is 5.84. The van der Waals surface area contributed by atoms with Crippen LogP contribution in [0.1, 0.15) is 45.6 Å². The van der Waals surface area contributed by atoms with E-state index in [0.29, 0.717) is 18.4 Å². The standard InChI is InChI=1S/C26H36N4O9/c1-26(2,3)39-24(36)18-11-8-12-30(18)23(35)20(32)17(13-15-9-6-5-7-10-15)28-21(33)16(27)14-19(31)29-22(34)25(37)38-4/h5-7,9-10,16-18,20,32H,8,11-14,27H2,1-4H3,(H,28,33)(H,29,31,34)/t16-,17?,18-,20?/m0/s1. The van der Waals surface area contributed by atoms with Crippen molar-refractivity contribution in [1.82, 2.24) is 15.5 Å². The second-order valence-electron chi connectivity index (χ2n) is 10.2. The molecule has 1 aromatic carbocycles. The smallest absolute Gasteiger partial charge is 0.396 e. The molecule has 0 spiro atoms. The number of carbonyl (C=O) groups is 6. The highest BCUT2D eigenvalue weighted by Crippen LogP contribution is 2.23. The zero-order valence-corrected chi connectivity index (χ0v) is 22.5. The van der Waals surface area contributed by atoms with E-state index in [4.69, 9.17) is 10.5 Å². The first-order chi connectivity index (χ1) is 18.2. The molecule has 13 heteroatoms. The third-order valence-electron chi connectivity index (χ3n) is 5.84. The van der Waals surface area contributed by atoms with Crippen LogP contribution in [-0.4, -0.2) is 89.1 Å². The van der Waals surface area contributed by atoms with Crippen LogP contribution in [0.15, 0.2) is 30.3 Å². The lowest BCUT2D eigenvalue weighted by Gasteiger charge is -2.31. The molecule has 2 rings (SSSR count). The summed E-state index contributed by atoms with van der Waals surface area (Å²) in [6.07, 6.45) is -1.48. The molecule has 2 unspecified atom stereocenters. The van der Waals surface area contributed by atoms with Gasteiger partial charge in [0.05, 0.1) is 25.6 Å². The van der Waals surface area contributed by atoms with Crippen LogP contribution in [0.2, 0.25) is 0 Å². The molecule has 1 aromatic rings. The summed E-state index contributed by atoms with van der Waals surface area (Å²) in [7, 11) is 0.961. The number of nitrogens with two attached hydrogens (primary N) is 1. The molecule has 0 aliphatic carbocycles. The maximum absolute atomic E-state index is 13.3. The Labute approximate surface area is 226 Å². The normalized spacial score (nSPS) is 17.4. The lowest BCUT2D eigenvalue weighted by molar-refractivity contribution is -0.165. The molecule has 1 fully saturated rings. The zero-order chi connectivity index (χ0) is 29.3. The number of rotatable bonds is 9. The Morgan fingerprint density at radius 1 is 1.13 bits per heavy atom. The number of aliphatic hydroxyl groups is 1. The van der Waals surface area contributed by atoms with Crippen molar-refractivity contribution >= 4 is 35.6 Å². The number of carbonyl (C=O) groups excluding carboxylic acids is 6. The fraction of sp³-hybridized carbons (Fsp3) is 0.538. The lowest BCUT2D eigenvalue weighted by Crippen LogP contribution is -2.57. The van der Waals surface area contributed by atoms with E-state index >= 15 is 0 Å². The van der Waals surface area contributed by atoms with E-state index in [0.717, 1.165) is 7.11 Å². The monoisotopic (exact) mass is 548 g/mol. The van der Waals surface area contributed by atoms with Crippen molar-refractivity contribution in [1.29, 1.82) is 0 Å². The minimum absolute atomic E-state index is 0.0319. The summed E-state index contributed by atoms with van der Waals surface area (Å²) in [5.74, 6) is -5.84. The van der Waals surface area contributed by atoms with Crippen molar-refractivity contribution < 1.29 is 43.3 Å². The highest BCUT2D eigenvalue weighted by atomic mass is 16.6. The number of aliphatic hydroxyl groups excluding tert-OH is 1. The molecule has 1 saturated heterocycles. The van der Waals surface area contributed by atoms with Crippen LogP contribution >= 0.6 is 0 Å². The van der Waals surface area contributed by atoms with Gasteiger partial charge in [0.25, 0.3) is 5.91 Å². The van der Waals surface area contributed by atoms with Crippen molar-refractivity contribution in [3.63, 3.8) is 0 Å². The predicted octanol–water partition coefficient (Wildman–Crippen LogP) is -1.06. The molecule has 39 heavy (non-hydrogen) atoms. The fourth-order valence-corrected chi connectivity index (χ4v) is 4.00. The number of imide groups is 1. The Kier molecular flexibility index (Phi) is 11.1. The predicted molar refractivity (Wildman–Crippen MR) is 136 cm³/mol. The number of hydrogen-bond acceptors (Lipinski definition) is 10. The third kappa shape index (κ3) is 9.45. The van der Waals surface area contributed by atoms with Crippen molar-refractivity contribution in [3.8, 4) is 0 Å². The SMILES string of the molecule is COC(=O)C(=O)NC(=O)C[C@H](N)C(=O)NC(Cc1ccccc1)C(O)C(=O)N1CCC[C@H]1C(=O)OC(C)(C)C. The van der Waals surface area contributed by atoms with Crippen LogP contribution in [0.5, 0.6) is 0 Å². The Hall–Kier alpha value is -3.84. The number of hydrogen-bond donors (Lipinski definition) is 4. The summed E-state index contributed by atoms with van der Waals surface area (Å²) < 4.78 is 9.63. The van der Waals surface area contributed by atoms with Gasteiger partial charge in [-0.25, -0.2) is 9.59 Å². The van der Waals surface area contributed by atoms with Gasteiger partial charge in [0.15, 0.2) is 6.10 Å². The molecule has 0 bridgehead atoms. The first kappa shape index (κ1) is 31.4. The Morgan fingerprint density at radius 3 is 2.36 bits per heavy atom. The molecule has 0 saturated carbocycles. The number of methoxy groups -OCH3 is 1. The van der Waals surface area contributed by atoms with Gasteiger partial charge in [-0.05, 0) is 45.6 Å². The second-order valence-corrected chi connectivity index (χ2v) is 10.2. The number of amides is 4. The molecule has 13 nitrogen and oxygen atoms in total. The molecule has 4 amide bonds. The van der Waals surface area contributed by atoms with E-state index in [9.17, 15) is 33.9 Å². The number of likely N-dealkylation sites (tertiary alicyclic amines) is 1. The minimum Gasteiger partial charge on any atom is -0.462 e. The molecular weight excluding hydrogens is 512 g/mol. The van der Waals surface area contributed by atoms with E-state index in [2.05, 4.69) is 10.1 Å². The maximum atomic E-state index is 13.3. The summed E-state index contributed by atoms with van der Waals surface area (Å²) in [4.78, 5) is 74.8. The highest BCUT2D eigenvalue weighted by molar-refractivity contribution is 6.35. The van der Waals surface area contributed by atoms with Gasteiger partial charge < -0.3 is 30.5 Å². The average Bonchev–Trinajstić information content (AvgIpc) is 3.36. The molecule has 0 radical (unpaired) electrons. The quantitative estimate of drug-likeness (QED) is 0.218. The van der Waals surface area contributed by atoms with Gasteiger partial charge in [0.2, 0.25) is 11.8 Å². The second kappa shape index (κ2) is 13.8. The van der Waals surface area contributed by atoms with Gasteiger partial charge in [0, 0.05) is 6.54 Å². The summed E-state index contributed by atoms with van der Waals surface area (Å²) in [5.41, 5.74) is 5.75. The van der Waals surface area contributed by atoms with Crippen LogP contribution in [0.3, 0.4) is 0 Å². The van der Waals surface area contributed by atoms with Gasteiger partial charge >= 0.3 is 17.8 Å². The molecule has 4 atom stereocenters. The van der Waals surface area contributed by atoms with Crippen molar-refractivity contribution in [2.75, 3.05) is 13.7 Å². The van der Waals surface area contributed by atoms with E-state index in [1.54, 1.807) is 56.4 Å². The zero-order valence-electron chi connectivity index (χ0n) is 22.5. The first-order valence-corrected chi connectivity index (χ1v) is 12.5. The van der Waals surface area contributed by atoms with Crippen molar-refractivity contribution in [3.05, 3.63) is 35.9 Å². The molecule has 1 aliphatic rings. The fourth-order valence-electron chi connectivity index (χ4n) is 4.00. The number of ether oxygens (including phenoxy) is 2. The van der Waals surface area contributed by atoms with E-state index in [1.807, 2.05) is 0 Å². The number of benzene rings is 1.